The van der Waals surface area contributed by atoms with Gasteiger partial charge in [0.1, 0.15) is 0 Å². The number of hydrogen-bond donors (Lipinski definition) is 4. The van der Waals surface area contributed by atoms with E-state index in [2.05, 4.69) is 79.4 Å². The highest BCUT2D eigenvalue weighted by molar-refractivity contribution is 6.27. The summed E-state index contributed by atoms with van der Waals surface area (Å²) in [6, 6.07) is 31.3. The largest absolute Gasteiger partial charge is 0.473 e. The van der Waals surface area contributed by atoms with Crippen LogP contribution in [0.2, 0.25) is 0 Å². The van der Waals surface area contributed by atoms with Gasteiger partial charge >= 0.3 is 11.9 Å². The first kappa shape index (κ1) is 29.7. The molecule has 37 heavy (non-hydrogen) atoms. The van der Waals surface area contributed by atoms with Crippen LogP contribution in [0.1, 0.15) is 43.4 Å². The van der Waals surface area contributed by atoms with E-state index in [0.717, 1.165) is 19.5 Å². The maximum atomic E-state index is 11.0. The number of carboxylic acid groups (broad SMARTS) is 2. The van der Waals surface area contributed by atoms with Crippen molar-refractivity contribution in [3.63, 3.8) is 0 Å². The average molecular weight is 507 g/mol. The zero-order chi connectivity index (χ0) is 27.3. The van der Waals surface area contributed by atoms with Crippen LogP contribution in [-0.2, 0) is 29.1 Å². The Bertz CT molecular complexity index is 1020. The van der Waals surface area contributed by atoms with Gasteiger partial charge in [0.2, 0.25) is 0 Å². The average Bonchev–Trinajstić information content (AvgIpc) is 2.89. The molecule has 1 unspecified atom stereocenters. The second-order valence-electron chi connectivity index (χ2n) is 9.47. The summed E-state index contributed by atoms with van der Waals surface area (Å²) >= 11 is 0. The summed E-state index contributed by atoms with van der Waals surface area (Å²) < 4.78 is 0. The number of carbonyl (C=O) groups is 2. The lowest BCUT2D eigenvalue weighted by atomic mass is 9.86. The first-order chi connectivity index (χ1) is 17.6. The Morgan fingerprint density at radius 2 is 1.14 bits per heavy atom. The number of nitrogens with zero attached hydrogens (tertiary/aromatic N) is 1. The summed E-state index contributed by atoms with van der Waals surface area (Å²) in [5.74, 6) is -3.46. The second kappa shape index (κ2) is 14.9. The van der Waals surface area contributed by atoms with Crippen LogP contribution in [-0.4, -0.2) is 43.9 Å². The molecule has 7 nitrogen and oxygen atoms in total. The van der Waals surface area contributed by atoms with Gasteiger partial charge in [-0.2, -0.15) is 0 Å². The van der Waals surface area contributed by atoms with Crippen LogP contribution in [0, 0.1) is 5.92 Å². The fourth-order valence-corrected chi connectivity index (χ4v) is 4.15. The fourth-order valence-electron chi connectivity index (χ4n) is 4.15. The second-order valence-corrected chi connectivity index (χ2v) is 9.47. The molecule has 198 valence electrons. The van der Waals surface area contributed by atoms with Gasteiger partial charge in [-0.05, 0) is 35.4 Å². The Labute approximate surface area is 219 Å². The molecule has 0 bridgehead atoms. The molecule has 5 N–H and O–H groups in total. The van der Waals surface area contributed by atoms with Crippen LogP contribution >= 0.6 is 0 Å². The van der Waals surface area contributed by atoms with Crippen molar-refractivity contribution in [3.05, 3.63) is 108 Å². The van der Waals surface area contributed by atoms with Crippen LogP contribution in [0.4, 0.5) is 0 Å². The maximum Gasteiger partial charge on any atom is 0.414 e. The van der Waals surface area contributed by atoms with E-state index in [4.69, 9.17) is 25.5 Å². The molecule has 0 aliphatic carbocycles. The number of rotatable bonds is 11. The van der Waals surface area contributed by atoms with Crippen molar-refractivity contribution < 1.29 is 24.9 Å². The number of carboxylic acids is 2. The summed E-state index contributed by atoms with van der Waals surface area (Å²) in [6.45, 7) is 5.81. The first-order valence-corrected chi connectivity index (χ1v) is 12.4. The Morgan fingerprint density at radius 3 is 1.49 bits per heavy atom. The molecule has 0 radical (unpaired) electrons. The number of aliphatic carboxylic acids is 2. The van der Waals surface area contributed by atoms with Crippen molar-refractivity contribution in [1.29, 1.82) is 0 Å². The number of aryl methyl sites for hydroxylation is 1. The molecule has 3 aromatic rings. The van der Waals surface area contributed by atoms with Crippen LogP contribution in [0.25, 0.3) is 0 Å². The lowest BCUT2D eigenvalue weighted by Gasteiger charge is -2.45. The number of nitrogens with two attached hydrogens (primary N) is 1. The van der Waals surface area contributed by atoms with Crippen molar-refractivity contribution in [2.45, 2.75) is 58.0 Å². The van der Waals surface area contributed by atoms with Gasteiger partial charge in [0.25, 0.3) is 0 Å². The maximum absolute atomic E-state index is 11.0. The van der Waals surface area contributed by atoms with Crippen LogP contribution < -0.4 is 5.73 Å². The minimum atomic E-state index is -1.82. The molecule has 2 atom stereocenters. The molecule has 0 amide bonds. The van der Waals surface area contributed by atoms with Crippen molar-refractivity contribution >= 4 is 11.9 Å². The van der Waals surface area contributed by atoms with Gasteiger partial charge in [-0.15, -0.1) is 0 Å². The highest BCUT2D eigenvalue weighted by Gasteiger charge is 2.37. The number of hydrogen-bond acceptors (Lipinski definition) is 5. The summed E-state index contributed by atoms with van der Waals surface area (Å²) in [7, 11) is 0. The van der Waals surface area contributed by atoms with E-state index in [1.807, 2.05) is 30.3 Å². The van der Waals surface area contributed by atoms with Gasteiger partial charge in [0.15, 0.2) is 0 Å². The smallest absolute Gasteiger partial charge is 0.414 e. The molecule has 0 aliphatic heterocycles. The lowest BCUT2D eigenvalue weighted by Crippen LogP contribution is -2.60. The lowest BCUT2D eigenvalue weighted by molar-refractivity contribution is -0.159. The number of aliphatic hydroxyl groups is 1. The van der Waals surface area contributed by atoms with Gasteiger partial charge in [0, 0.05) is 19.5 Å². The number of aliphatic hydroxyl groups excluding tert-OH is 1. The highest BCUT2D eigenvalue weighted by atomic mass is 16.4. The Kier molecular flexibility index (Phi) is 12.0. The third-order valence-corrected chi connectivity index (χ3v) is 6.38. The van der Waals surface area contributed by atoms with E-state index in [1.165, 1.54) is 16.7 Å². The predicted octanol–water partition coefficient (Wildman–Crippen LogP) is 4.54. The van der Waals surface area contributed by atoms with Crippen LogP contribution in [0.5, 0.6) is 0 Å². The van der Waals surface area contributed by atoms with E-state index in [9.17, 15) is 5.11 Å². The first-order valence-electron chi connectivity index (χ1n) is 12.4. The summed E-state index contributed by atoms with van der Waals surface area (Å²) in [5.41, 5.74) is 10.2. The molecule has 0 fully saturated rings. The summed E-state index contributed by atoms with van der Waals surface area (Å²) in [6.07, 6.45) is 1.65. The molecule has 0 spiro atoms. The Hall–Kier alpha value is -3.52. The third-order valence-electron chi connectivity index (χ3n) is 6.38. The van der Waals surface area contributed by atoms with Crippen LogP contribution in [0.15, 0.2) is 91.0 Å². The van der Waals surface area contributed by atoms with Crippen molar-refractivity contribution in [3.8, 4) is 0 Å². The molecule has 0 saturated heterocycles. The topological polar surface area (TPSA) is 124 Å². The van der Waals surface area contributed by atoms with Gasteiger partial charge in [0.05, 0.1) is 11.8 Å². The van der Waals surface area contributed by atoms with E-state index >= 15 is 0 Å². The predicted molar refractivity (Wildman–Crippen MR) is 145 cm³/mol. The van der Waals surface area contributed by atoms with Crippen molar-refractivity contribution in [2.24, 2.45) is 11.7 Å². The Balaban J connectivity index is 0.000000717. The minimum absolute atomic E-state index is 0.186. The highest BCUT2D eigenvalue weighted by Crippen LogP contribution is 2.30. The fraction of sp³-hybridized carbons (Fsp3) is 0.333. The van der Waals surface area contributed by atoms with E-state index in [0.29, 0.717) is 12.8 Å². The molecule has 0 aliphatic rings. The molecule has 0 aromatic heterocycles. The van der Waals surface area contributed by atoms with E-state index in [-0.39, 0.29) is 5.92 Å². The molecule has 0 heterocycles. The molecule has 7 heteroatoms. The molecule has 3 aromatic carbocycles. The summed E-state index contributed by atoms with van der Waals surface area (Å²) in [4.78, 5) is 20.5. The summed E-state index contributed by atoms with van der Waals surface area (Å²) in [5, 5.41) is 25.8. The monoisotopic (exact) mass is 506 g/mol. The number of benzene rings is 3. The Morgan fingerprint density at radius 1 is 0.757 bits per heavy atom. The van der Waals surface area contributed by atoms with Gasteiger partial charge < -0.3 is 21.1 Å². The minimum Gasteiger partial charge on any atom is -0.473 e. The molecule has 0 saturated carbocycles. The zero-order valence-corrected chi connectivity index (χ0v) is 21.5. The molecular weight excluding hydrogens is 468 g/mol. The van der Waals surface area contributed by atoms with Crippen LogP contribution in [0.3, 0.4) is 0 Å². The van der Waals surface area contributed by atoms with E-state index in [1.54, 1.807) is 0 Å². The van der Waals surface area contributed by atoms with Gasteiger partial charge in [-0.3, -0.25) is 4.90 Å². The molecular formula is C30H38N2O5. The third kappa shape index (κ3) is 10.2. The van der Waals surface area contributed by atoms with E-state index < -0.39 is 23.7 Å². The van der Waals surface area contributed by atoms with Crippen molar-refractivity contribution in [2.75, 3.05) is 0 Å². The normalized spacial score (nSPS) is 13.4. The van der Waals surface area contributed by atoms with Gasteiger partial charge in [-0.1, -0.05) is 105 Å². The zero-order valence-electron chi connectivity index (χ0n) is 21.5. The van der Waals surface area contributed by atoms with Gasteiger partial charge in [-0.25, -0.2) is 9.59 Å². The van der Waals surface area contributed by atoms with Crippen molar-refractivity contribution in [1.82, 2.24) is 4.90 Å². The SMILES string of the molecule is CC(C)C(N)(C[C@H](O)CCc1ccccc1)N(Cc1ccccc1)Cc1ccccc1.O=C(O)C(=O)O. The quantitative estimate of drug-likeness (QED) is 0.222. The standard InChI is InChI=1S/C28H36N2O.C2H2O4/c1-23(2)28(29,20-27(31)19-18-24-12-6-3-7-13-24)30(21-25-14-8-4-9-15-25)22-26-16-10-5-11-17-26;3-1(4)2(5)6/h3-17,23,27,31H,18-22,29H2,1-2H3;(H,3,4)(H,5,6)/t27-,28?;/m1./s1. The molecule has 3 rings (SSSR count).